The zero-order valence-corrected chi connectivity index (χ0v) is 18.6. The summed E-state index contributed by atoms with van der Waals surface area (Å²) in [6.45, 7) is 2.74. The van der Waals surface area contributed by atoms with Gasteiger partial charge in [-0.15, -0.1) is 10.2 Å². The van der Waals surface area contributed by atoms with Gasteiger partial charge in [-0.05, 0) is 52.2 Å². The van der Waals surface area contributed by atoms with Gasteiger partial charge in [0.05, 0.1) is 12.2 Å². The van der Waals surface area contributed by atoms with E-state index in [9.17, 15) is 0 Å². The molecule has 6 nitrogen and oxygen atoms in total. The van der Waals surface area contributed by atoms with Crippen LogP contribution in [0.25, 0.3) is 17.2 Å². The lowest BCUT2D eigenvalue weighted by atomic mass is 10.2. The van der Waals surface area contributed by atoms with Crippen molar-refractivity contribution in [1.82, 2.24) is 24.1 Å². The third-order valence-corrected chi connectivity index (χ3v) is 6.12. The number of nitrogens with zero attached hydrogens (tertiary/aromatic N) is 5. The lowest BCUT2D eigenvalue weighted by Crippen LogP contribution is -2.04. The number of aromatic nitrogens is 5. The van der Waals surface area contributed by atoms with Crippen LogP contribution in [0.2, 0.25) is 0 Å². The highest BCUT2D eigenvalue weighted by molar-refractivity contribution is 9.10. The van der Waals surface area contributed by atoms with E-state index in [2.05, 4.69) is 72.6 Å². The van der Waals surface area contributed by atoms with E-state index >= 15 is 0 Å². The number of benzene rings is 1. The molecule has 4 aromatic heterocycles. The second kappa shape index (κ2) is 8.12. The Bertz CT molecular complexity index is 1310. The van der Waals surface area contributed by atoms with Crippen LogP contribution in [0, 0.1) is 6.92 Å². The number of fused-ring (bicyclic) bond motifs is 1. The molecular weight excluding hydrogens is 462 g/mol. The molecule has 0 N–H and O–H groups in total. The highest BCUT2D eigenvalue weighted by atomic mass is 79.9. The first-order valence-electron chi connectivity index (χ1n) is 9.45. The fourth-order valence-corrected chi connectivity index (χ4v) is 4.41. The van der Waals surface area contributed by atoms with Crippen molar-refractivity contribution < 1.29 is 4.42 Å². The number of aryl methyl sites for hydroxylation is 1. The Labute approximate surface area is 186 Å². The number of pyridine rings is 1. The molecule has 0 aliphatic carbocycles. The second-order valence-corrected chi connectivity index (χ2v) is 8.70. The number of imidazole rings is 1. The summed E-state index contributed by atoms with van der Waals surface area (Å²) in [5.74, 6) is 2.09. The maximum absolute atomic E-state index is 5.74. The van der Waals surface area contributed by atoms with E-state index in [4.69, 9.17) is 9.40 Å². The summed E-state index contributed by atoms with van der Waals surface area (Å²) in [4.78, 5) is 4.71. The molecule has 1 aromatic carbocycles. The zero-order chi connectivity index (χ0) is 20.5. The Hall–Kier alpha value is -2.84. The molecule has 0 saturated heterocycles. The number of hydrogen-bond acceptors (Lipinski definition) is 5. The number of furan rings is 1. The molecule has 0 fully saturated rings. The molecule has 30 heavy (non-hydrogen) atoms. The molecule has 0 spiro atoms. The molecule has 0 aliphatic rings. The van der Waals surface area contributed by atoms with Crippen molar-refractivity contribution >= 4 is 33.3 Å². The number of rotatable bonds is 6. The highest BCUT2D eigenvalue weighted by Crippen LogP contribution is 2.29. The Morgan fingerprint density at radius 1 is 1.00 bits per heavy atom. The standard InChI is InChI=1S/C22H18BrN5OS/c1-15-7-10-20-24-17(13-27(20)11-15)14-30-22-26-25-21(18-8-9-19(23)29-18)28(22)12-16-5-3-2-4-6-16/h2-11,13H,12,14H2,1H3. The lowest BCUT2D eigenvalue weighted by molar-refractivity contribution is 0.545. The molecule has 0 radical (unpaired) electrons. The van der Waals surface area contributed by atoms with Crippen LogP contribution in [-0.4, -0.2) is 24.1 Å². The molecule has 0 atom stereocenters. The van der Waals surface area contributed by atoms with Crippen LogP contribution < -0.4 is 0 Å². The van der Waals surface area contributed by atoms with E-state index in [0.717, 1.165) is 16.5 Å². The van der Waals surface area contributed by atoms with Gasteiger partial charge in [0.15, 0.2) is 15.6 Å². The van der Waals surface area contributed by atoms with E-state index in [-0.39, 0.29) is 0 Å². The monoisotopic (exact) mass is 479 g/mol. The Balaban J connectivity index is 1.45. The van der Waals surface area contributed by atoms with Crippen LogP contribution in [0.1, 0.15) is 16.8 Å². The summed E-state index contributed by atoms with van der Waals surface area (Å²) in [6, 6.07) is 18.2. The van der Waals surface area contributed by atoms with Gasteiger partial charge < -0.3 is 8.82 Å². The van der Waals surface area contributed by atoms with E-state index in [1.807, 2.05) is 36.4 Å². The van der Waals surface area contributed by atoms with Crippen molar-refractivity contribution in [3.8, 4) is 11.6 Å². The fourth-order valence-electron chi connectivity index (χ4n) is 3.28. The maximum Gasteiger partial charge on any atom is 0.200 e. The summed E-state index contributed by atoms with van der Waals surface area (Å²) in [7, 11) is 0. The summed E-state index contributed by atoms with van der Waals surface area (Å²) in [5, 5.41) is 9.69. The molecule has 0 amide bonds. The summed E-state index contributed by atoms with van der Waals surface area (Å²) in [5.41, 5.74) is 4.33. The van der Waals surface area contributed by atoms with E-state index in [1.165, 1.54) is 11.1 Å². The van der Waals surface area contributed by atoms with Gasteiger partial charge >= 0.3 is 0 Å². The number of thioether (sulfide) groups is 1. The minimum absolute atomic E-state index is 0.661. The van der Waals surface area contributed by atoms with Gasteiger partial charge in [-0.2, -0.15) is 0 Å². The van der Waals surface area contributed by atoms with Crippen molar-refractivity contribution in [1.29, 1.82) is 0 Å². The molecule has 8 heteroatoms. The predicted molar refractivity (Wildman–Crippen MR) is 120 cm³/mol. The molecule has 4 heterocycles. The van der Waals surface area contributed by atoms with Crippen molar-refractivity contribution in [3.05, 3.63) is 88.5 Å². The van der Waals surface area contributed by atoms with Crippen molar-refractivity contribution in [3.63, 3.8) is 0 Å². The predicted octanol–water partition coefficient (Wildman–Crippen LogP) is 5.60. The second-order valence-electron chi connectivity index (χ2n) is 6.97. The first-order valence-corrected chi connectivity index (χ1v) is 11.2. The van der Waals surface area contributed by atoms with Gasteiger partial charge in [0.25, 0.3) is 0 Å². The van der Waals surface area contributed by atoms with Crippen LogP contribution in [0.15, 0.2) is 81.2 Å². The number of hydrogen-bond donors (Lipinski definition) is 0. The Kier molecular flexibility index (Phi) is 5.18. The zero-order valence-electron chi connectivity index (χ0n) is 16.2. The number of halogens is 1. The van der Waals surface area contributed by atoms with Crippen molar-refractivity contribution in [2.24, 2.45) is 0 Å². The molecule has 0 aliphatic heterocycles. The molecular formula is C22H18BrN5OS. The molecule has 0 saturated carbocycles. The van der Waals surface area contributed by atoms with Crippen molar-refractivity contribution in [2.75, 3.05) is 0 Å². The quantitative estimate of drug-likeness (QED) is 0.296. The summed E-state index contributed by atoms with van der Waals surface area (Å²) < 4.78 is 10.6. The first kappa shape index (κ1) is 19.1. The van der Waals surface area contributed by atoms with Crippen LogP contribution in [0.5, 0.6) is 0 Å². The third-order valence-electron chi connectivity index (χ3n) is 4.69. The van der Waals surface area contributed by atoms with Gasteiger partial charge in [-0.1, -0.05) is 48.2 Å². The maximum atomic E-state index is 5.74. The Morgan fingerprint density at radius 3 is 2.67 bits per heavy atom. The van der Waals surface area contributed by atoms with Crippen LogP contribution in [0.3, 0.4) is 0 Å². The minimum atomic E-state index is 0.661. The largest absolute Gasteiger partial charge is 0.446 e. The summed E-state index contributed by atoms with van der Waals surface area (Å²) in [6.07, 6.45) is 4.15. The van der Waals surface area contributed by atoms with E-state index in [0.29, 0.717) is 28.6 Å². The molecule has 5 aromatic rings. The van der Waals surface area contributed by atoms with Crippen LogP contribution >= 0.6 is 27.7 Å². The van der Waals surface area contributed by atoms with Crippen LogP contribution in [0.4, 0.5) is 0 Å². The van der Waals surface area contributed by atoms with Gasteiger partial charge in [-0.3, -0.25) is 4.57 Å². The van der Waals surface area contributed by atoms with Gasteiger partial charge in [0, 0.05) is 18.1 Å². The molecule has 5 rings (SSSR count). The molecule has 0 unspecified atom stereocenters. The normalized spacial score (nSPS) is 11.4. The van der Waals surface area contributed by atoms with Gasteiger partial charge in [0.1, 0.15) is 5.65 Å². The topological polar surface area (TPSA) is 61.2 Å². The molecule has 150 valence electrons. The van der Waals surface area contributed by atoms with Crippen molar-refractivity contribution in [2.45, 2.75) is 24.4 Å². The average molecular weight is 480 g/mol. The van der Waals surface area contributed by atoms with E-state index < -0.39 is 0 Å². The fraction of sp³-hybridized carbons (Fsp3) is 0.136. The third kappa shape index (κ3) is 3.93. The first-order chi connectivity index (χ1) is 14.7. The molecule has 0 bridgehead atoms. The van der Waals surface area contributed by atoms with Crippen LogP contribution in [-0.2, 0) is 12.3 Å². The highest BCUT2D eigenvalue weighted by Gasteiger charge is 2.18. The smallest absolute Gasteiger partial charge is 0.200 e. The lowest BCUT2D eigenvalue weighted by Gasteiger charge is -2.09. The van der Waals surface area contributed by atoms with Gasteiger partial charge in [0.2, 0.25) is 5.82 Å². The van der Waals surface area contributed by atoms with Gasteiger partial charge in [-0.25, -0.2) is 4.98 Å². The summed E-state index contributed by atoms with van der Waals surface area (Å²) >= 11 is 4.99. The minimum Gasteiger partial charge on any atom is -0.446 e. The Morgan fingerprint density at radius 2 is 1.87 bits per heavy atom. The average Bonchev–Trinajstić information content (AvgIpc) is 3.45. The van der Waals surface area contributed by atoms with E-state index in [1.54, 1.807) is 11.8 Å². The SMILES string of the molecule is Cc1ccc2nc(CSc3nnc(-c4ccc(Br)o4)n3Cc3ccccc3)cn2c1.